The molecular formula is C17H13Cl2NO3. The van der Waals surface area contributed by atoms with Crippen LogP contribution in [0.5, 0.6) is 11.5 Å². The van der Waals surface area contributed by atoms with Crippen LogP contribution in [-0.4, -0.2) is 12.7 Å². The molecule has 0 radical (unpaired) electrons. The zero-order chi connectivity index (χ0) is 16.2. The van der Waals surface area contributed by atoms with E-state index >= 15 is 0 Å². The summed E-state index contributed by atoms with van der Waals surface area (Å²) in [6.07, 6.45) is 3.17. The first-order valence-electron chi connectivity index (χ1n) is 6.91. The minimum Gasteiger partial charge on any atom is -0.454 e. The fourth-order valence-corrected chi connectivity index (χ4v) is 2.57. The quantitative estimate of drug-likeness (QED) is 0.847. The Balaban J connectivity index is 1.58. The van der Waals surface area contributed by atoms with Gasteiger partial charge in [0.2, 0.25) is 12.7 Å². The number of hydrogen-bond acceptors (Lipinski definition) is 3. The lowest BCUT2D eigenvalue weighted by molar-refractivity contribution is -0.116. The van der Waals surface area contributed by atoms with Crippen molar-refractivity contribution in [3.8, 4) is 11.5 Å². The number of nitrogens with one attached hydrogen (secondary N) is 1. The molecule has 1 heterocycles. The molecular weight excluding hydrogens is 337 g/mol. The lowest BCUT2D eigenvalue weighted by Gasteiger charge is -2.05. The van der Waals surface area contributed by atoms with Gasteiger partial charge in [-0.2, -0.15) is 0 Å². The summed E-state index contributed by atoms with van der Waals surface area (Å²) >= 11 is 11.9. The molecule has 0 aromatic heterocycles. The van der Waals surface area contributed by atoms with Gasteiger partial charge in [-0.3, -0.25) is 4.79 Å². The van der Waals surface area contributed by atoms with E-state index in [9.17, 15) is 4.79 Å². The van der Waals surface area contributed by atoms with E-state index in [4.69, 9.17) is 32.7 Å². The molecule has 0 fully saturated rings. The van der Waals surface area contributed by atoms with E-state index in [1.165, 1.54) is 6.08 Å². The molecule has 1 amide bonds. The average molecular weight is 350 g/mol. The van der Waals surface area contributed by atoms with Crippen molar-refractivity contribution in [2.24, 2.45) is 0 Å². The van der Waals surface area contributed by atoms with Crippen molar-refractivity contribution in [3.05, 3.63) is 63.6 Å². The van der Waals surface area contributed by atoms with E-state index in [0.29, 0.717) is 28.1 Å². The third-order valence-electron chi connectivity index (χ3n) is 3.29. The molecule has 0 spiro atoms. The zero-order valence-electron chi connectivity index (χ0n) is 12.0. The molecule has 23 heavy (non-hydrogen) atoms. The van der Waals surface area contributed by atoms with Crippen molar-refractivity contribution >= 4 is 35.2 Å². The molecule has 0 saturated carbocycles. The van der Waals surface area contributed by atoms with E-state index in [1.54, 1.807) is 24.3 Å². The Morgan fingerprint density at radius 1 is 1.13 bits per heavy atom. The SMILES string of the molecule is O=C(/C=C/c1ccc2c(c1)OCO2)NCc1ccc(Cl)cc1Cl. The first kappa shape index (κ1) is 15.7. The molecule has 0 saturated heterocycles. The van der Waals surface area contributed by atoms with E-state index in [-0.39, 0.29) is 12.7 Å². The van der Waals surface area contributed by atoms with Gasteiger partial charge in [-0.15, -0.1) is 0 Å². The highest BCUT2D eigenvalue weighted by Crippen LogP contribution is 2.32. The third-order valence-corrected chi connectivity index (χ3v) is 3.88. The Morgan fingerprint density at radius 2 is 1.96 bits per heavy atom. The maximum absolute atomic E-state index is 11.9. The number of amides is 1. The lowest BCUT2D eigenvalue weighted by atomic mass is 10.2. The van der Waals surface area contributed by atoms with Gasteiger partial charge in [0.25, 0.3) is 0 Å². The van der Waals surface area contributed by atoms with Crippen LogP contribution in [0, 0.1) is 0 Å². The van der Waals surface area contributed by atoms with Crippen LogP contribution in [0.1, 0.15) is 11.1 Å². The lowest BCUT2D eigenvalue weighted by Crippen LogP contribution is -2.20. The summed E-state index contributed by atoms with van der Waals surface area (Å²) in [5.41, 5.74) is 1.66. The van der Waals surface area contributed by atoms with Crippen LogP contribution in [0.4, 0.5) is 0 Å². The van der Waals surface area contributed by atoms with Crippen LogP contribution in [0.2, 0.25) is 10.0 Å². The van der Waals surface area contributed by atoms with Crippen LogP contribution in [-0.2, 0) is 11.3 Å². The molecule has 2 aromatic rings. The zero-order valence-corrected chi connectivity index (χ0v) is 13.5. The summed E-state index contributed by atoms with van der Waals surface area (Å²) in [5, 5.41) is 3.86. The minimum atomic E-state index is -0.214. The number of carbonyl (C=O) groups is 1. The van der Waals surface area contributed by atoms with E-state index < -0.39 is 0 Å². The summed E-state index contributed by atoms with van der Waals surface area (Å²) in [6.45, 7) is 0.561. The molecule has 2 aromatic carbocycles. The minimum absolute atomic E-state index is 0.214. The largest absolute Gasteiger partial charge is 0.454 e. The van der Waals surface area contributed by atoms with E-state index in [1.807, 2.05) is 18.2 Å². The van der Waals surface area contributed by atoms with Gasteiger partial charge in [-0.1, -0.05) is 35.3 Å². The smallest absolute Gasteiger partial charge is 0.244 e. The molecule has 4 nitrogen and oxygen atoms in total. The Kier molecular flexibility index (Phi) is 4.74. The molecule has 1 N–H and O–H groups in total. The molecule has 118 valence electrons. The van der Waals surface area contributed by atoms with Crippen LogP contribution < -0.4 is 14.8 Å². The summed E-state index contributed by atoms with van der Waals surface area (Å²) in [7, 11) is 0. The molecule has 1 aliphatic heterocycles. The fraction of sp³-hybridized carbons (Fsp3) is 0.118. The first-order chi connectivity index (χ1) is 11.1. The van der Waals surface area contributed by atoms with Crippen LogP contribution in [0.3, 0.4) is 0 Å². The van der Waals surface area contributed by atoms with Crippen molar-refractivity contribution in [1.29, 1.82) is 0 Å². The Bertz CT molecular complexity index is 774. The Labute approximate surface area is 143 Å². The molecule has 0 aliphatic carbocycles. The molecule has 0 unspecified atom stereocenters. The van der Waals surface area contributed by atoms with Gasteiger partial charge < -0.3 is 14.8 Å². The van der Waals surface area contributed by atoms with Crippen LogP contribution >= 0.6 is 23.2 Å². The second-order valence-electron chi connectivity index (χ2n) is 4.90. The Morgan fingerprint density at radius 3 is 2.78 bits per heavy atom. The van der Waals surface area contributed by atoms with Gasteiger partial charge in [-0.25, -0.2) is 0 Å². The molecule has 0 bridgehead atoms. The highest BCUT2D eigenvalue weighted by Gasteiger charge is 2.12. The monoisotopic (exact) mass is 349 g/mol. The second kappa shape index (κ2) is 6.94. The molecule has 1 aliphatic rings. The standard InChI is InChI=1S/C17H13Cl2NO3/c18-13-4-3-12(14(19)8-13)9-20-17(21)6-2-11-1-5-15-16(7-11)23-10-22-15/h1-8H,9-10H2,(H,20,21)/b6-2+. The number of carbonyl (C=O) groups excluding carboxylic acids is 1. The maximum Gasteiger partial charge on any atom is 0.244 e. The first-order valence-corrected chi connectivity index (χ1v) is 7.67. The number of hydrogen-bond donors (Lipinski definition) is 1. The predicted octanol–water partition coefficient (Wildman–Crippen LogP) is 4.05. The van der Waals surface area contributed by atoms with Crippen molar-refractivity contribution in [1.82, 2.24) is 5.32 Å². The van der Waals surface area contributed by atoms with E-state index in [0.717, 1.165) is 11.1 Å². The second-order valence-corrected chi connectivity index (χ2v) is 5.74. The van der Waals surface area contributed by atoms with Crippen molar-refractivity contribution in [2.75, 3.05) is 6.79 Å². The van der Waals surface area contributed by atoms with Gasteiger partial charge in [0.1, 0.15) is 0 Å². The number of halogens is 2. The number of rotatable bonds is 4. The Hall–Kier alpha value is -2.17. The average Bonchev–Trinajstić information content (AvgIpc) is 2.99. The topological polar surface area (TPSA) is 47.6 Å². The van der Waals surface area contributed by atoms with Gasteiger partial charge in [0.15, 0.2) is 11.5 Å². The van der Waals surface area contributed by atoms with Gasteiger partial charge in [-0.05, 0) is 41.5 Å². The van der Waals surface area contributed by atoms with Gasteiger partial charge in [0, 0.05) is 22.7 Å². The summed E-state index contributed by atoms with van der Waals surface area (Å²) in [5.74, 6) is 1.18. The summed E-state index contributed by atoms with van der Waals surface area (Å²) in [6, 6.07) is 10.7. The summed E-state index contributed by atoms with van der Waals surface area (Å²) < 4.78 is 10.5. The van der Waals surface area contributed by atoms with E-state index in [2.05, 4.69) is 5.32 Å². The summed E-state index contributed by atoms with van der Waals surface area (Å²) in [4.78, 5) is 11.9. The maximum atomic E-state index is 11.9. The predicted molar refractivity (Wildman–Crippen MR) is 89.9 cm³/mol. The fourth-order valence-electron chi connectivity index (χ4n) is 2.10. The highest BCUT2D eigenvalue weighted by atomic mass is 35.5. The van der Waals surface area contributed by atoms with Gasteiger partial charge in [0.05, 0.1) is 0 Å². The highest BCUT2D eigenvalue weighted by molar-refractivity contribution is 6.35. The van der Waals surface area contributed by atoms with Crippen molar-refractivity contribution < 1.29 is 14.3 Å². The van der Waals surface area contributed by atoms with Gasteiger partial charge >= 0.3 is 0 Å². The number of ether oxygens (including phenoxy) is 2. The molecule has 0 atom stereocenters. The van der Waals surface area contributed by atoms with Crippen molar-refractivity contribution in [2.45, 2.75) is 6.54 Å². The third kappa shape index (κ3) is 3.97. The molecule has 3 rings (SSSR count). The number of fused-ring (bicyclic) bond motifs is 1. The van der Waals surface area contributed by atoms with Crippen molar-refractivity contribution in [3.63, 3.8) is 0 Å². The normalized spacial score (nSPS) is 12.6. The number of benzene rings is 2. The van der Waals surface area contributed by atoms with Crippen LogP contribution in [0.15, 0.2) is 42.5 Å². The molecule has 6 heteroatoms. The van der Waals surface area contributed by atoms with Crippen LogP contribution in [0.25, 0.3) is 6.08 Å².